The first-order chi connectivity index (χ1) is 9.26. The Bertz CT molecular complexity index is 590. The van der Waals surface area contributed by atoms with Gasteiger partial charge in [-0.25, -0.2) is 4.68 Å². The van der Waals surface area contributed by atoms with Crippen molar-refractivity contribution in [2.45, 2.75) is 26.1 Å². The van der Waals surface area contributed by atoms with Gasteiger partial charge in [0.1, 0.15) is 6.54 Å². The van der Waals surface area contributed by atoms with E-state index in [0.717, 1.165) is 13.0 Å². The topological polar surface area (TPSA) is 77.0 Å². The van der Waals surface area contributed by atoms with Gasteiger partial charge in [-0.1, -0.05) is 5.21 Å². The summed E-state index contributed by atoms with van der Waals surface area (Å²) in [7, 11) is 0. The Morgan fingerprint density at radius 1 is 1.53 bits per heavy atom. The highest BCUT2D eigenvalue weighted by molar-refractivity contribution is 7.10. The molecule has 2 N–H and O–H groups in total. The second kappa shape index (κ2) is 5.10. The van der Waals surface area contributed by atoms with Crippen LogP contribution in [0.25, 0.3) is 0 Å². The predicted molar refractivity (Wildman–Crippen MR) is 71.4 cm³/mol. The Hall–Kier alpha value is -1.73. The Morgan fingerprint density at radius 2 is 2.42 bits per heavy atom. The number of thiophene rings is 1. The molecule has 1 amide bonds. The van der Waals surface area contributed by atoms with E-state index in [-0.39, 0.29) is 12.5 Å². The molecule has 1 aliphatic heterocycles. The molecule has 3 heterocycles. The van der Waals surface area contributed by atoms with E-state index in [2.05, 4.69) is 21.8 Å². The molecule has 0 radical (unpaired) electrons. The lowest BCUT2D eigenvalue weighted by atomic mass is 10.1. The Kier molecular flexibility index (Phi) is 3.31. The second-order valence-corrected chi connectivity index (χ2v) is 5.55. The van der Waals surface area contributed by atoms with Gasteiger partial charge in [0.05, 0.1) is 11.9 Å². The second-order valence-electron chi connectivity index (χ2n) is 4.55. The number of amides is 1. The maximum atomic E-state index is 12.2. The zero-order valence-electron chi connectivity index (χ0n) is 10.5. The molecule has 0 aliphatic carbocycles. The molecule has 0 saturated heterocycles. The number of nitrogens with two attached hydrogens (primary N) is 1. The molecule has 2 aromatic heterocycles. The van der Waals surface area contributed by atoms with Gasteiger partial charge in [-0.2, -0.15) is 0 Å². The highest BCUT2D eigenvalue weighted by atomic mass is 32.1. The first kappa shape index (κ1) is 12.3. The molecule has 0 bridgehead atoms. The van der Waals surface area contributed by atoms with Gasteiger partial charge in [0.15, 0.2) is 0 Å². The van der Waals surface area contributed by atoms with Crippen LogP contribution in [0.1, 0.15) is 16.1 Å². The smallest absolute Gasteiger partial charge is 0.244 e. The van der Waals surface area contributed by atoms with E-state index in [1.54, 1.807) is 22.2 Å². The lowest BCUT2D eigenvalue weighted by molar-refractivity contribution is -0.133. The van der Waals surface area contributed by atoms with Gasteiger partial charge in [0, 0.05) is 24.5 Å². The van der Waals surface area contributed by atoms with Crippen LogP contribution in [0.5, 0.6) is 0 Å². The van der Waals surface area contributed by atoms with Gasteiger partial charge in [-0.15, -0.1) is 16.4 Å². The number of carbonyl (C=O) groups excluding carboxylic acids is 1. The van der Waals surface area contributed by atoms with Crippen molar-refractivity contribution in [3.8, 4) is 0 Å². The summed E-state index contributed by atoms with van der Waals surface area (Å²) in [5, 5.41) is 9.86. The van der Waals surface area contributed by atoms with E-state index in [9.17, 15) is 4.79 Å². The maximum absolute atomic E-state index is 12.2. The van der Waals surface area contributed by atoms with Crippen molar-refractivity contribution in [2.75, 3.05) is 6.54 Å². The number of rotatable bonds is 3. The molecule has 0 spiro atoms. The molecule has 0 atom stereocenters. The molecule has 0 aromatic carbocycles. The highest BCUT2D eigenvalue weighted by Gasteiger charge is 2.21. The van der Waals surface area contributed by atoms with Crippen molar-refractivity contribution in [3.63, 3.8) is 0 Å². The van der Waals surface area contributed by atoms with Crippen LogP contribution in [-0.2, 0) is 30.8 Å². The van der Waals surface area contributed by atoms with Gasteiger partial charge >= 0.3 is 0 Å². The van der Waals surface area contributed by atoms with Crippen LogP contribution >= 0.6 is 11.3 Å². The minimum absolute atomic E-state index is 0.0744. The Balaban J connectivity index is 1.65. The average Bonchev–Trinajstić information content (AvgIpc) is 3.05. The zero-order valence-corrected chi connectivity index (χ0v) is 11.3. The van der Waals surface area contributed by atoms with Crippen molar-refractivity contribution in [3.05, 3.63) is 33.8 Å². The third-order valence-electron chi connectivity index (χ3n) is 3.25. The molecule has 100 valence electrons. The quantitative estimate of drug-likeness (QED) is 0.880. The van der Waals surface area contributed by atoms with Crippen LogP contribution in [0.4, 0.5) is 0 Å². The summed E-state index contributed by atoms with van der Waals surface area (Å²) in [4.78, 5) is 15.5. The third-order valence-corrected chi connectivity index (χ3v) is 4.28. The predicted octanol–water partition coefficient (Wildman–Crippen LogP) is 0.383. The summed E-state index contributed by atoms with van der Waals surface area (Å²) in [5.74, 6) is 0.0744. The maximum Gasteiger partial charge on any atom is 0.244 e. The number of hydrogen-bond acceptors (Lipinski definition) is 5. The van der Waals surface area contributed by atoms with E-state index in [4.69, 9.17) is 5.73 Å². The van der Waals surface area contributed by atoms with Crippen LogP contribution in [0.2, 0.25) is 0 Å². The molecule has 0 saturated carbocycles. The third kappa shape index (κ3) is 2.52. The van der Waals surface area contributed by atoms with Gasteiger partial charge in [0.25, 0.3) is 0 Å². The largest absolute Gasteiger partial charge is 0.336 e. The molecule has 6 nitrogen and oxygen atoms in total. The number of nitrogens with zero attached hydrogens (tertiary/aromatic N) is 4. The summed E-state index contributed by atoms with van der Waals surface area (Å²) in [6.45, 7) is 2.06. The fourth-order valence-corrected chi connectivity index (χ4v) is 3.10. The SMILES string of the molecule is NCc1cn(CC(=O)N2CCc3sccc3C2)nn1. The van der Waals surface area contributed by atoms with Crippen LogP contribution in [0.3, 0.4) is 0 Å². The van der Waals surface area contributed by atoms with Gasteiger partial charge in [-0.05, 0) is 23.4 Å². The molecule has 3 rings (SSSR count). The van der Waals surface area contributed by atoms with Crippen LogP contribution < -0.4 is 5.73 Å². The Labute approximate surface area is 114 Å². The van der Waals surface area contributed by atoms with Crippen LogP contribution in [-0.4, -0.2) is 32.3 Å². The van der Waals surface area contributed by atoms with Gasteiger partial charge in [-0.3, -0.25) is 4.79 Å². The molecule has 0 fully saturated rings. The summed E-state index contributed by atoms with van der Waals surface area (Å²) >= 11 is 1.77. The van der Waals surface area contributed by atoms with E-state index in [1.165, 1.54) is 10.4 Å². The van der Waals surface area contributed by atoms with Crippen molar-refractivity contribution < 1.29 is 4.79 Å². The van der Waals surface area contributed by atoms with E-state index >= 15 is 0 Å². The normalized spacial score (nSPS) is 14.5. The lowest BCUT2D eigenvalue weighted by Crippen LogP contribution is -2.37. The van der Waals surface area contributed by atoms with E-state index < -0.39 is 0 Å². The number of aromatic nitrogens is 3. The van der Waals surface area contributed by atoms with E-state index in [0.29, 0.717) is 18.8 Å². The molecule has 2 aromatic rings. The van der Waals surface area contributed by atoms with Crippen molar-refractivity contribution in [2.24, 2.45) is 5.73 Å². The monoisotopic (exact) mass is 277 g/mol. The van der Waals surface area contributed by atoms with Crippen LogP contribution in [0, 0.1) is 0 Å². The Morgan fingerprint density at radius 3 is 3.21 bits per heavy atom. The zero-order chi connectivity index (χ0) is 13.2. The summed E-state index contributed by atoms with van der Waals surface area (Å²) in [5.41, 5.74) is 7.44. The number of hydrogen-bond donors (Lipinski definition) is 1. The molecule has 0 unspecified atom stereocenters. The lowest BCUT2D eigenvalue weighted by Gasteiger charge is -2.26. The van der Waals surface area contributed by atoms with Crippen molar-refractivity contribution in [1.82, 2.24) is 19.9 Å². The van der Waals surface area contributed by atoms with Crippen molar-refractivity contribution >= 4 is 17.2 Å². The van der Waals surface area contributed by atoms with Gasteiger partial charge < -0.3 is 10.6 Å². The van der Waals surface area contributed by atoms with Gasteiger partial charge in [0.2, 0.25) is 5.91 Å². The summed E-state index contributed by atoms with van der Waals surface area (Å²) in [6, 6.07) is 2.10. The number of fused-ring (bicyclic) bond motifs is 1. The average molecular weight is 277 g/mol. The highest BCUT2D eigenvalue weighted by Crippen LogP contribution is 2.24. The first-order valence-corrected chi connectivity index (χ1v) is 7.06. The standard InChI is InChI=1S/C12H15N5OS/c13-5-10-7-17(15-14-10)8-12(18)16-3-1-11-9(6-16)2-4-19-11/h2,4,7H,1,3,5-6,8,13H2. The minimum Gasteiger partial charge on any atom is -0.336 e. The minimum atomic E-state index is 0.0744. The molecule has 1 aliphatic rings. The van der Waals surface area contributed by atoms with E-state index in [1.807, 2.05) is 4.90 Å². The molecular formula is C12H15N5OS. The molecular weight excluding hydrogens is 262 g/mol. The van der Waals surface area contributed by atoms with Crippen LogP contribution in [0.15, 0.2) is 17.6 Å². The number of carbonyl (C=O) groups is 1. The molecule has 7 heteroatoms. The fourth-order valence-electron chi connectivity index (χ4n) is 2.21. The first-order valence-electron chi connectivity index (χ1n) is 6.18. The summed E-state index contributed by atoms with van der Waals surface area (Å²) < 4.78 is 1.55. The molecule has 19 heavy (non-hydrogen) atoms. The summed E-state index contributed by atoms with van der Waals surface area (Å²) in [6.07, 6.45) is 2.67. The van der Waals surface area contributed by atoms with Crippen molar-refractivity contribution in [1.29, 1.82) is 0 Å². The fraction of sp³-hybridized carbons (Fsp3) is 0.417.